The first-order chi connectivity index (χ1) is 13.6. The van der Waals surface area contributed by atoms with Crippen LogP contribution >= 0.6 is 0 Å². The predicted molar refractivity (Wildman–Crippen MR) is 106 cm³/mol. The Balaban J connectivity index is 1.37. The summed E-state index contributed by atoms with van der Waals surface area (Å²) < 4.78 is 10.7. The van der Waals surface area contributed by atoms with Crippen LogP contribution in [-0.2, 0) is 6.54 Å². The molecule has 1 aliphatic heterocycles. The van der Waals surface area contributed by atoms with Crippen LogP contribution in [-0.4, -0.2) is 22.7 Å². The summed E-state index contributed by atoms with van der Waals surface area (Å²) in [4.78, 5) is 20.9. The second kappa shape index (κ2) is 7.56. The Hall–Kier alpha value is -3.61. The highest BCUT2D eigenvalue weighted by molar-refractivity contribution is 6.04. The van der Waals surface area contributed by atoms with E-state index in [2.05, 4.69) is 20.6 Å². The third-order valence-electron chi connectivity index (χ3n) is 4.43. The van der Waals surface area contributed by atoms with Crippen molar-refractivity contribution in [3.63, 3.8) is 0 Å². The summed E-state index contributed by atoms with van der Waals surface area (Å²) in [6, 6.07) is 11.6. The first-order valence-electron chi connectivity index (χ1n) is 8.91. The molecular formula is C21H20N4O3. The minimum atomic E-state index is -0.241. The highest BCUT2D eigenvalue weighted by atomic mass is 16.7. The van der Waals surface area contributed by atoms with Crippen molar-refractivity contribution in [2.24, 2.45) is 0 Å². The van der Waals surface area contributed by atoms with Crippen LogP contribution < -0.4 is 20.1 Å². The molecule has 2 N–H and O–H groups in total. The van der Waals surface area contributed by atoms with E-state index in [1.165, 1.54) is 12.4 Å². The molecule has 142 valence electrons. The van der Waals surface area contributed by atoms with Gasteiger partial charge in [-0.1, -0.05) is 23.8 Å². The first-order valence-corrected chi connectivity index (χ1v) is 8.91. The number of carbonyl (C=O) groups excluding carboxylic acids is 1. The lowest BCUT2D eigenvalue weighted by molar-refractivity contribution is 0.102. The van der Waals surface area contributed by atoms with Gasteiger partial charge in [0.05, 0.1) is 5.56 Å². The average Bonchev–Trinajstić information content (AvgIpc) is 3.17. The Morgan fingerprint density at radius 3 is 2.61 bits per heavy atom. The highest BCUT2D eigenvalue weighted by Crippen LogP contribution is 2.32. The Labute approximate surface area is 162 Å². The zero-order valence-electron chi connectivity index (χ0n) is 15.7. The van der Waals surface area contributed by atoms with Gasteiger partial charge in [0.25, 0.3) is 5.91 Å². The molecule has 0 atom stereocenters. The van der Waals surface area contributed by atoms with Crippen LogP contribution in [0.2, 0.25) is 0 Å². The van der Waals surface area contributed by atoms with Crippen molar-refractivity contribution in [3.8, 4) is 11.5 Å². The molecule has 0 unspecified atom stereocenters. The van der Waals surface area contributed by atoms with Crippen LogP contribution in [0.15, 0.2) is 48.8 Å². The number of nitrogens with zero attached hydrogens (tertiary/aromatic N) is 2. The first kappa shape index (κ1) is 17.8. The second-order valence-corrected chi connectivity index (χ2v) is 6.61. The van der Waals surface area contributed by atoms with Gasteiger partial charge < -0.3 is 20.1 Å². The van der Waals surface area contributed by atoms with Gasteiger partial charge in [-0.15, -0.1) is 0 Å². The minimum absolute atomic E-state index is 0.241. The minimum Gasteiger partial charge on any atom is -0.454 e. The SMILES string of the molecule is Cc1ccc(NC(=O)c2cnc(NCc3ccc4c(c3)OCO4)nc2)c(C)c1. The Kier molecular flexibility index (Phi) is 4.80. The molecule has 7 heteroatoms. The number of hydrogen-bond acceptors (Lipinski definition) is 6. The summed E-state index contributed by atoms with van der Waals surface area (Å²) in [5.41, 5.74) is 4.35. The monoisotopic (exact) mass is 376 g/mol. The molecule has 1 aliphatic rings. The number of aromatic nitrogens is 2. The van der Waals surface area contributed by atoms with Gasteiger partial charge in [0.2, 0.25) is 12.7 Å². The topological polar surface area (TPSA) is 85.4 Å². The fourth-order valence-corrected chi connectivity index (χ4v) is 2.92. The van der Waals surface area contributed by atoms with Crippen LogP contribution in [0.3, 0.4) is 0 Å². The summed E-state index contributed by atoms with van der Waals surface area (Å²) in [7, 11) is 0. The van der Waals surface area contributed by atoms with Gasteiger partial charge in [-0.2, -0.15) is 0 Å². The van der Waals surface area contributed by atoms with E-state index in [0.29, 0.717) is 18.1 Å². The molecule has 0 aliphatic carbocycles. The van der Waals surface area contributed by atoms with E-state index in [1.54, 1.807) is 0 Å². The molecule has 0 radical (unpaired) electrons. The van der Waals surface area contributed by atoms with Crippen molar-refractivity contribution in [2.45, 2.75) is 20.4 Å². The van der Waals surface area contributed by atoms with Crippen molar-refractivity contribution in [2.75, 3.05) is 17.4 Å². The van der Waals surface area contributed by atoms with Gasteiger partial charge in [-0.25, -0.2) is 9.97 Å². The maximum absolute atomic E-state index is 12.4. The summed E-state index contributed by atoms with van der Waals surface area (Å²) in [5, 5.41) is 6.02. The fourth-order valence-electron chi connectivity index (χ4n) is 2.92. The van der Waals surface area contributed by atoms with E-state index in [-0.39, 0.29) is 12.7 Å². The molecule has 0 fully saturated rings. The molecule has 1 aromatic heterocycles. The molecule has 1 amide bonds. The second-order valence-electron chi connectivity index (χ2n) is 6.61. The summed E-state index contributed by atoms with van der Waals surface area (Å²) in [6.07, 6.45) is 3.02. The van der Waals surface area contributed by atoms with E-state index >= 15 is 0 Å². The normalized spacial score (nSPS) is 11.9. The molecule has 0 saturated carbocycles. The number of benzene rings is 2. The summed E-state index contributed by atoms with van der Waals surface area (Å²) in [5.74, 6) is 1.69. The summed E-state index contributed by atoms with van der Waals surface area (Å²) >= 11 is 0. The number of anilines is 2. The van der Waals surface area contributed by atoms with Crippen LogP contribution in [0.1, 0.15) is 27.0 Å². The van der Waals surface area contributed by atoms with E-state index in [1.807, 2.05) is 50.2 Å². The number of nitrogens with one attached hydrogen (secondary N) is 2. The maximum Gasteiger partial charge on any atom is 0.258 e. The highest BCUT2D eigenvalue weighted by Gasteiger charge is 2.13. The van der Waals surface area contributed by atoms with E-state index in [4.69, 9.17) is 9.47 Å². The molecule has 7 nitrogen and oxygen atoms in total. The molecule has 4 rings (SSSR count). The molecule has 2 aromatic carbocycles. The third kappa shape index (κ3) is 3.88. The standard InChI is InChI=1S/C21H20N4O3/c1-13-3-5-17(14(2)7-13)25-20(26)16-10-23-21(24-11-16)22-9-15-4-6-18-19(8-15)28-12-27-18/h3-8,10-11H,9,12H2,1-2H3,(H,25,26)(H,22,23,24). The molecule has 3 aromatic rings. The number of fused-ring (bicyclic) bond motifs is 1. The Morgan fingerprint density at radius 1 is 1.04 bits per heavy atom. The number of amides is 1. The van der Waals surface area contributed by atoms with Gasteiger partial charge >= 0.3 is 0 Å². The molecular weight excluding hydrogens is 356 g/mol. The number of carbonyl (C=O) groups is 1. The van der Waals surface area contributed by atoms with Crippen molar-refractivity contribution >= 4 is 17.5 Å². The van der Waals surface area contributed by atoms with Gasteiger partial charge in [-0.05, 0) is 43.2 Å². The van der Waals surface area contributed by atoms with Gasteiger partial charge in [0.1, 0.15) is 0 Å². The lowest BCUT2D eigenvalue weighted by Crippen LogP contribution is -2.14. The quantitative estimate of drug-likeness (QED) is 0.706. The average molecular weight is 376 g/mol. The van der Waals surface area contributed by atoms with Crippen molar-refractivity contribution in [1.82, 2.24) is 9.97 Å². The maximum atomic E-state index is 12.4. The largest absolute Gasteiger partial charge is 0.454 e. The zero-order chi connectivity index (χ0) is 19.5. The molecule has 0 saturated heterocycles. The van der Waals surface area contributed by atoms with Gasteiger partial charge in [-0.3, -0.25) is 4.79 Å². The fraction of sp³-hybridized carbons (Fsp3) is 0.190. The molecule has 0 spiro atoms. The third-order valence-corrected chi connectivity index (χ3v) is 4.43. The lowest BCUT2D eigenvalue weighted by atomic mass is 10.1. The lowest BCUT2D eigenvalue weighted by Gasteiger charge is -2.09. The number of rotatable bonds is 5. The van der Waals surface area contributed by atoms with Gasteiger partial charge in [0, 0.05) is 24.6 Å². The zero-order valence-corrected chi connectivity index (χ0v) is 15.7. The predicted octanol–water partition coefficient (Wildman–Crippen LogP) is 3.69. The van der Waals surface area contributed by atoms with Crippen LogP contribution in [0.4, 0.5) is 11.6 Å². The van der Waals surface area contributed by atoms with Crippen LogP contribution in [0.25, 0.3) is 0 Å². The van der Waals surface area contributed by atoms with Crippen molar-refractivity contribution < 1.29 is 14.3 Å². The van der Waals surface area contributed by atoms with Crippen LogP contribution in [0.5, 0.6) is 11.5 Å². The number of hydrogen-bond donors (Lipinski definition) is 2. The van der Waals surface area contributed by atoms with Crippen molar-refractivity contribution in [3.05, 3.63) is 71.0 Å². The number of ether oxygens (including phenoxy) is 2. The Morgan fingerprint density at radius 2 is 1.82 bits per heavy atom. The smallest absolute Gasteiger partial charge is 0.258 e. The number of aryl methyl sites for hydroxylation is 2. The van der Waals surface area contributed by atoms with Gasteiger partial charge in [0.15, 0.2) is 11.5 Å². The van der Waals surface area contributed by atoms with E-state index in [9.17, 15) is 4.79 Å². The van der Waals surface area contributed by atoms with Crippen molar-refractivity contribution in [1.29, 1.82) is 0 Å². The molecule has 28 heavy (non-hydrogen) atoms. The summed E-state index contributed by atoms with van der Waals surface area (Å²) in [6.45, 7) is 4.76. The van der Waals surface area contributed by atoms with E-state index in [0.717, 1.165) is 33.9 Å². The van der Waals surface area contributed by atoms with Crippen LogP contribution in [0, 0.1) is 13.8 Å². The molecule has 0 bridgehead atoms. The van der Waals surface area contributed by atoms with E-state index < -0.39 is 0 Å². The Bertz CT molecular complexity index is 1020. The molecule has 2 heterocycles.